The molecular weight excluding hydrogens is 1310 g/mol. The van der Waals surface area contributed by atoms with E-state index < -0.39 is 16.3 Å². The molecule has 0 unspecified atom stereocenters. The minimum atomic E-state index is -1.60. The molecule has 0 spiro atoms. The van der Waals surface area contributed by atoms with E-state index in [0.717, 1.165) is 71.0 Å². The van der Waals surface area contributed by atoms with Crippen molar-refractivity contribution in [3.8, 4) is 0 Å². The fourth-order valence-electron chi connectivity index (χ4n) is 12.4. The number of hydrogen-bond acceptors (Lipinski definition) is 6. The van der Waals surface area contributed by atoms with E-state index in [1.54, 1.807) is 0 Å². The summed E-state index contributed by atoms with van der Waals surface area (Å²) < 4.78 is 32.7. The third-order valence-corrected chi connectivity index (χ3v) is 20.5. The minimum absolute atomic E-state index is 0. The molecule has 89 heavy (non-hydrogen) atoms. The number of rotatable bonds is 10. The first-order valence-corrected chi connectivity index (χ1v) is 32.9. The van der Waals surface area contributed by atoms with Gasteiger partial charge >= 0.3 is 16.3 Å². The summed E-state index contributed by atoms with van der Waals surface area (Å²) in [5.41, 5.74) is 8.10. The van der Waals surface area contributed by atoms with E-state index in [1.807, 2.05) is 12.1 Å². The molecular formula is C80H71IrN2O4P2-. The van der Waals surface area contributed by atoms with Crippen LogP contribution in [0.5, 0.6) is 0 Å². The molecule has 1 fully saturated rings. The van der Waals surface area contributed by atoms with Gasteiger partial charge in [-0.25, -0.2) is 4.67 Å². The smallest absolute Gasteiger partial charge is 0.310 e. The van der Waals surface area contributed by atoms with Crippen LogP contribution in [-0.4, -0.2) is 0 Å². The first-order valence-electron chi connectivity index (χ1n) is 30.7. The van der Waals surface area contributed by atoms with Crippen LogP contribution in [0.25, 0.3) is 87.0 Å². The first-order chi connectivity index (χ1) is 43.4. The zero-order valence-corrected chi connectivity index (χ0v) is 54.5. The fourth-order valence-corrected chi connectivity index (χ4v) is 15.7. The summed E-state index contributed by atoms with van der Waals surface area (Å²) in [5, 5.41) is 13.7. The molecule has 0 bridgehead atoms. The van der Waals surface area contributed by atoms with Gasteiger partial charge in [-0.2, -0.15) is 4.67 Å². The Labute approximate surface area is 538 Å². The Morgan fingerprint density at radius 3 is 0.820 bits per heavy atom. The van der Waals surface area contributed by atoms with Crippen molar-refractivity contribution >= 4 is 103 Å². The van der Waals surface area contributed by atoms with E-state index in [0.29, 0.717) is 0 Å². The summed E-state index contributed by atoms with van der Waals surface area (Å²) in [7, 11) is -3.14. The molecule has 0 aliphatic heterocycles. The van der Waals surface area contributed by atoms with Crippen LogP contribution in [0.2, 0.25) is 0 Å². The van der Waals surface area contributed by atoms with Crippen molar-refractivity contribution in [2.75, 3.05) is 9.34 Å². The molecule has 0 N–H and O–H groups in total. The maximum atomic E-state index is 7.01. The fraction of sp³-hybridized carbons (Fsp3) is 0.138. The van der Waals surface area contributed by atoms with Crippen molar-refractivity contribution in [2.45, 2.75) is 70.6 Å². The normalized spacial score (nSPS) is 14.1. The van der Waals surface area contributed by atoms with Gasteiger partial charge in [0.15, 0.2) is 0 Å². The van der Waals surface area contributed by atoms with Gasteiger partial charge in [0, 0.05) is 59.8 Å². The SMILES string of the molecule is C[C@@H](c1ccccc1)N([C@@H](C)c1ccccc1)p1oc2ccc3ccccc3c2c2c(ccc3ccccc32)o1.[CH2-][C@@H](c1ccccc1)N([C@@H](C)c1ccccc1)p1oc2ccc3ccccc3c2c2c(ccc3ccccc32)o1.[CH]1[CH]CC[CH][CH]CC1.[Ir]. The molecule has 445 valence electrons. The van der Waals surface area contributed by atoms with Gasteiger partial charge in [-0.1, -0.05) is 254 Å². The molecule has 12 aromatic carbocycles. The zero-order chi connectivity index (χ0) is 59.8. The number of fused-ring (bicyclic) bond motifs is 14. The van der Waals surface area contributed by atoms with Gasteiger partial charge < -0.3 is 23.7 Å². The molecule has 1 aliphatic carbocycles. The molecule has 5 radical (unpaired) electrons. The van der Waals surface area contributed by atoms with Crippen LogP contribution in [0, 0.1) is 32.6 Å². The van der Waals surface area contributed by atoms with E-state index in [1.165, 1.54) is 63.9 Å². The predicted octanol–water partition coefficient (Wildman–Crippen LogP) is 24.3. The molecule has 0 saturated heterocycles. The summed E-state index contributed by atoms with van der Waals surface area (Å²) in [6.45, 7) is 11.4. The Morgan fingerprint density at radius 1 is 0.292 bits per heavy atom. The maximum absolute atomic E-state index is 7.01. The molecule has 9 heteroatoms. The molecule has 15 rings (SSSR count). The Morgan fingerprint density at radius 2 is 0.528 bits per heavy atom. The van der Waals surface area contributed by atoms with Crippen molar-refractivity contribution in [2.24, 2.45) is 0 Å². The average Bonchev–Trinajstić information content (AvgIpc) is 1.87. The van der Waals surface area contributed by atoms with E-state index in [9.17, 15) is 0 Å². The first kappa shape index (κ1) is 61.3. The molecule has 2 heterocycles. The molecule has 4 atom stereocenters. The molecule has 1 saturated carbocycles. The van der Waals surface area contributed by atoms with Gasteiger partial charge in [-0.3, -0.25) is 0 Å². The summed E-state index contributed by atoms with van der Waals surface area (Å²) in [6, 6.07) is 93.2. The van der Waals surface area contributed by atoms with Crippen molar-refractivity contribution in [1.82, 2.24) is 0 Å². The van der Waals surface area contributed by atoms with Crippen molar-refractivity contribution in [1.29, 1.82) is 0 Å². The third kappa shape index (κ3) is 13.2. The molecule has 0 amide bonds. The standard InChI is InChI=1S/C36H30NO2P.C36H29NO2P.C8H12.Ir/c2*1-25(27-13-5-3-6-14-27)37(26(2)28-15-7-4-8-16-28)40-38-33-23-21-29-17-9-11-19-31(29)35(33)36-32-20-12-10-18-30(32)22-24-34(36)39-40;1-2-4-6-8-7-5-3-1;/h3-26H,1-2H3;3-26H,1H2,2H3;1-2,7-8H,3-6H2;/q;-1;;/t2*25-,26-;;/m00../s1. The van der Waals surface area contributed by atoms with E-state index in [4.69, 9.17) is 16.8 Å². The minimum Gasteiger partial charge on any atom is -0.408 e. The van der Waals surface area contributed by atoms with Gasteiger partial charge in [0.2, 0.25) is 0 Å². The van der Waals surface area contributed by atoms with Gasteiger partial charge in [0.05, 0.1) is 0 Å². The van der Waals surface area contributed by atoms with Crippen molar-refractivity contribution in [3.63, 3.8) is 0 Å². The zero-order valence-electron chi connectivity index (χ0n) is 50.3. The van der Waals surface area contributed by atoms with Gasteiger partial charge in [-0.15, -0.1) is 0 Å². The second-order valence-electron chi connectivity index (χ2n) is 22.5. The topological polar surface area (TPSA) is 59.0 Å². The van der Waals surface area contributed by atoms with Crippen LogP contribution in [0.3, 0.4) is 0 Å². The van der Waals surface area contributed by atoms with Gasteiger partial charge in [0.25, 0.3) is 0 Å². The van der Waals surface area contributed by atoms with E-state index in [2.05, 4.69) is 318 Å². The summed E-state index contributed by atoms with van der Waals surface area (Å²) >= 11 is 0. The quantitative estimate of drug-likeness (QED) is 0.127. The monoisotopic (exact) mass is 1380 g/mol. The van der Waals surface area contributed by atoms with Crippen molar-refractivity contribution in [3.05, 3.63) is 322 Å². The number of hydrogen-bond donors (Lipinski definition) is 0. The second kappa shape index (κ2) is 28.7. The van der Waals surface area contributed by atoms with Crippen LogP contribution in [0.15, 0.2) is 284 Å². The molecule has 6 nitrogen and oxygen atoms in total. The molecule has 1 aliphatic rings. The second-order valence-corrected chi connectivity index (χ2v) is 25.1. The molecule has 14 aromatic rings. The third-order valence-electron chi connectivity index (χ3n) is 17.0. The van der Waals surface area contributed by atoms with Gasteiger partial charge in [0.1, 0.15) is 22.3 Å². The van der Waals surface area contributed by atoms with Crippen LogP contribution >= 0.6 is 16.3 Å². The van der Waals surface area contributed by atoms with Crippen LogP contribution in [0.1, 0.15) is 92.9 Å². The number of benzene rings is 12. The van der Waals surface area contributed by atoms with Gasteiger partial charge in [-0.05, 0) is 156 Å². The average molecular weight is 1380 g/mol. The summed E-state index contributed by atoms with van der Waals surface area (Å²) in [6.07, 6.45) is 14.0. The largest absolute Gasteiger partial charge is 0.408 e. The Kier molecular flexibility index (Phi) is 19.8. The van der Waals surface area contributed by atoms with E-state index in [-0.39, 0.29) is 44.3 Å². The Hall–Kier alpha value is -7.95. The van der Waals surface area contributed by atoms with Crippen LogP contribution in [0.4, 0.5) is 0 Å². The Bertz CT molecular complexity index is 4150. The van der Waals surface area contributed by atoms with Crippen molar-refractivity contribution < 1.29 is 36.9 Å². The Balaban J connectivity index is 0.000000152. The van der Waals surface area contributed by atoms with E-state index >= 15 is 0 Å². The summed E-state index contributed by atoms with van der Waals surface area (Å²) in [4.78, 5) is 0. The molecule has 2 aromatic heterocycles. The summed E-state index contributed by atoms with van der Waals surface area (Å²) in [5.74, 6) is 0. The van der Waals surface area contributed by atoms with Crippen LogP contribution in [-0.2, 0) is 20.1 Å². The van der Waals surface area contributed by atoms with Crippen LogP contribution < -0.4 is 9.34 Å². The predicted molar refractivity (Wildman–Crippen MR) is 374 cm³/mol. The maximum Gasteiger partial charge on any atom is 0.310 e. The number of nitrogens with zero attached hydrogens (tertiary/aromatic N) is 2.